The number of esters is 1. The van der Waals surface area contributed by atoms with E-state index in [9.17, 15) is 25.0 Å². The summed E-state index contributed by atoms with van der Waals surface area (Å²) >= 11 is 0. The number of rotatable bonds is 4. The monoisotopic (exact) mass is 258 g/mol. The highest BCUT2D eigenvalue weighted by Crippen LogP contribution is 2.28. The Labute approximate surface area is 100 Å². The van der Waals surface area contributed by atoms with Gasteiger partial charge in [-0.05, 0) is 18.8 Å². The van der Waals surface area contributed by atoms with Crippen LogP contribution in [0.1, 0.15) is 13.8 Å². The minimum absolute atomic E-state index is 0.727. The van der Waals surface area contributed by atoms with Gasteiger partial charge >= 0.3 is 17.5 Å². The van der Waals surface area contributed by atoms with Crippen molar-refractivity contribution in [1.29, 1.82) is 0 Å². The molecule has 18 heavy (non-hydrogen) atoms. The predicted molar refractivity (Wildman–Crippen MR) is 56.9 cm³/mol. The van der Waals surface area contributed by atoms with Crippen LogP contribution in [-0.4, -0.2) is 32.7 Å². The van der Waals surface area contributed by atoms with Crippen molar-refractivity contribution < 1.29 is 19.4 Å². The Morgan fingerprint density at radius 2 is 1.94 bits per heavy atom. The van der Waals surface area contributed by atoms with Crippen LogP contribution in [0, 0.1) is 20.2 Å². The zero-order valence-corrected chi connectivity index (χ0v) is 9.82. The largest absolute Gasteiger partial charge is 0.467 e. The molecule has 0 atom stereocenters. The lowest BCUT2D eigenvalue weighted by molar-refractivity contribution is -0.424. The molecule has 10 heteroatoms. The third kappa shape index (κ3) is 2.12. The van der Waals surface area contributed by atoms with E-state index in [0.29, 0.717) is 0 Å². The Balaban J connectivity index is 3.36. The van der Waals surface area contributed by atoms with Gasteiger partial charge in [-0.15, -0.1) is 0 Å². The van der Waals surface area contributed by atoms with Gasteiger partial charge in [-0.25, -0.2) is 4.79 Å². The molecule has 0 spiro atoms. The summed E-state index contributed by atoms with van der Waals surface area (Å²) in [6.07, 6.45) is 0.828. The highest BCUT2D eigenvalue weighted by atomic mass is 16.6. The number of hydrogen-bond donors (Lipinski definition) is 0. The van der Waals surface area contributed by atoms with Gasteiger partial charge in [0, 0.05) is 0 Å². The third-order valence-corrected chi connectivity index (χ3v) is 2.30. The standard InChI is InChI=1S/C8H10N4O6/c1-8(2,7(13)18-3)10-4-5(11(14)15)6(9-10)12(16)17/h4H,1-3H3. The molecule has 0 saturated carbocycles. The molecule has 1 aromatic heterocycles. The average Bonchev–Trinajstić information content (AvgIpc) is 2.73. The van der Waals surface area contributed by atoms with E-state index in [1.54, 1.807) is 0 Å². The Kier molecular flexibility index (Phi) is 3.30. The van der Waals surface area contributed by atoms with Crippen molar-refractivity contribution in [1.82, 2.24) is 9.78 Å². The summed E-state index contributed by atoms with van der Waals surface area (Å²) in [5.74, 6) is -1.65. The lowest BCUT2D eigenvalue weighted by Crippen LogP contribution is -2.37. The van der Waals surface area contributed by atoms with Crippen molar-refractivity contribution >= 4 is 17.5 Å². The zero-order valence-electron chi connectivity index (χ0n) is 9.82. The van der Waals surface area contributed by atoms with Crippen LogP contribution in [0.25, 0.3) is 0 Å². The SMILES string of the molecule is COC(=O)C(C)(C)n1cc([N+](=O)[O-])c([N+](=O)[O-])n1. The maximum absolute atomic E-state index is 11.5. The lowest BCUT2D eigenvalue weighted by atomic mass is 10.1. The van der Waals surface area contributed by atoms with Crippen molar-refractivity contribution in [2.24, 2.45) is 0 Å². The first-order valence-corrected chi connectivity index (χ1v) is 4.69. The maximum atomic E-state index is 11.5. The van der Waals surface area contributed by atoms with Crippen LogP contribution >= 0.6 is 0 Å². The van der Waals surface area contributed by atoms with Crippen molar-refractivity contribution in [3.8, 4) is 0 Å². The first kappa shape index (κ1) is 13.5. The van der Waals surface area contributed by atoms with Gasteiger partial charge < -0.3 is 14.9 Å². The van der Waals surface area contributed by atoms with Crippen molar-refractivity contribution in [2.75, 3.05) is 7.11 Å². The van der Waals surface area contributed by atoms with Gasteiger partial charge in [0.2, 0.25) is 0 Å². The van der Waals surface area contributed by atoms with E-state index in [2.05, 4.69) is 9.84 Å². The van der Waals surface area contributed by atoms with Gasteiger partial charge in [0.05, 0.1) is 17.1 Å². The molecule has 0 radical (unpaired) electrons. The van der Waals surface area contributed by atoms with Gasteiger partial charge in [0.25, 0.3) is 0 Å². The fraction of sp³-hybridized carbons (Fsp3) is 0.500. The normalized spacial score (nSPS) is 11.1. The van der Waals surface area contributed by atoms with E-state index in [-0.39, 0.29) is 0 Å². The maximum Gasteiger partial charge on any atom is 0.467 e. The zero-order chi connectivity index (χ0) is 14.1. The highest BCUT2D eigenvalue weighted by Gasteiger charge is 2.40. The summed E-state index contributed by atoms with van der Waals surface area (Å²) in [5.41, 5.74) is -2.16. The molecule has 0 amide bonds. The summed E-state index contributed by atoms with van der Waals surface area (Å²) in [5, 5.41) is 24.7. The Bertz CT molecular complexity index is 488. The molecule has 1 aromatic rings. The van der Waals surface area contributed by atoms with Crippen molar-refractivity contribution in [3.05, 3.63) is 26.4 Å². The first-order valence-electron chi connectivity index (χ1n) is 4.69. The molecule has 0 aliphatic rings. The van der Waals surface area contributed by atoms with E-state index in [0.717, 1.165) is 18.0 Å². The second kappa shape index (κ2) is 4.39. The lowest BCUT2D eigenvalue weighted by Gasteiger charge is -2.17. The predicted octanol–water partition coefficient (Wildman–Crippen LogP) is 0.608. The second-order valence-electron chi connectivity index (χ2n) is 3.85. The molecule has 1 rings (SSSR count). The van der Waals surface area contributed by atoms with Crippen LogP contribution in [0.5, 0.6) is 0 Å². The van der Waals surface area contributed by atoms with Crippen LogP contribution in [-0.2, 0) is 15.1 Å². The minimum atomic E-state index is -1.38. The topological polar surface area (TPSA) is 130 Å². The molecule has 0 fully saturated rings. The second-order valence-corrected chi connectivity index (χ2v) is 3.85. The molecule has 0 bridgehead atoms. The molecule has 10 nitrogen and oxygen atoms in total. The van der Waals surface area contributed by atoms with E-state index in [1.165, 1.54) is 13.8 Å². The Morgan fingerprint density at radius 3 is 2.28 bits per heavy atom. The number of nitrogens with zero attached hydrogens (tertiary/aromatic N) is 4. The van der Waals surface area contributed by atoms with Crippen LogP contribution < -0.4 is 0 Å². The molecule has 0 aromatic carbocycles. The fourth-order valence-corrected chi connectivity index (χ4v) is 1.24. The van der Waals surface area contributed by atoms with Crippen LogP contribution in [0.2, 0.25) is 0 Å². The van der Waals surface area contributed by atoms with Gasteiger partial charge in [-0.2, -0.15) is 4.68 Å². The summed E-state index contributed by atoms with van der Waals surface area (Å²) in [4.78, 5) is 30.8. The van der Waals surface area contributed by atoms with Gasteiger partial charge in [0.1, 0.15) is 6.20 Å². The molecule has 0 saturated heterocycles. The van der Waals surface area contributed by atoms with Gasteiger partial charge in [-0.3, -0.25) is 10.1 Å². The van der Waals surface area contributed by atoms with E-state index < -0.39 is 32.9 Å². The van der Waals surface area contributed by atoms with Crippen molar-refractivity contribution in [2.45, 2.75) is 19.4 Å². The summed E-state index contributed by atoms with van der Waals surface area (Å²) in [6.45, 7) is 2.75. The molecule has 1 heterocycles. The molecule has 0 aliphatic carbocycles. The molecule has 0 aliphatic heterocycles. The first-order chi connectivity index (χ1) is 8.21. The molecular formula is C8H10N4O6. The Morgan fingerprint density at radius 1 is 1.39 bits per heavy atom. The minimum Gasteiger partial charge on any atom is -0.467 e. The smallest absolute Gasteiger partial charge is 0.467 e. The molecule has 98 valence electrons. The third-order valence-electron chi connectivity index (χ3n) is 2.30. The number of carbonyl (C=O) groups excluding carboxylic acids is 1. The number of ether oxygens (including phenoxy) is 1. The van der Waals surface area contributed by atoms with E-state index in [4.69, 9.17) is 0 Å². The van der Waals surface area contributed by atoms with Crippen molar-refractivity contribution in [3.63, 3.8) is 0 Å². The van der Waals surface area contributed by atoms with Gasteiger partial charge in [0.15, 0.2) is 5.54 Å². The fourth-order valence-electron chi connectivity index (χ4n) is 1.24. The molecule has 0 N–H and O–H groups in total. The quantitative estimate of drug-likeness (QED) is 0.439. The van der Waals surface area contributed by atoms with Crippen LogP contribution in [0.3, 0.4) is 0 Å². The van der Waals surface area contributed by atoms with Crippen LogP contribution in [0.15, 0.2) is 6.20 Å². The van der Waals surface area contributed by atoms with E-state index >= 15 is 0 Å². The number of aromatic nitrogens is 2. The van der Waals surface area contributed by atoms with Gasteiger partial charge in [-0.1, -0.05) is 0 Å². The molecular weight excluding hydrogens is 248 g/mol. The summed E-state index contributed by atoms with van der Waals surface area (Å²) < 4.78 is 5.34. The summed E-state index contributed by atoms with van der Waals surface area (Å²) in [6, 6.07) is 0. The highest BCUT2D eigenvalue weighted by molar-refractivity contribution is 5.77. The Hall–Kier alpha value is -2.52. The average molecular weight is 258 g/mol. The number of methoxy groups -OCH3 is 1. The number of hydrogen-bond acceptors (Lipinski definition) is 7. The van der Waals surface area contributed by atoms with E-state index in [1.807, 2.05) is 0 Å². The number of nitro groups is 2. The molecule has 0 unspecified atom stereocenters. The summed E-state index contributed by atoms with van der Waals surface area (Å²) in [7, 11) is 1.14. The number of carbonyl (C=O) groups is 1. The van der Waals surface area contributed by atoms with Crippen LogP contribution in [0.4, 0.5) is 11.5 Å².